The predicted molar refractivity (Wildman–Crippen MR) is 127 cm³/mol. The fourth-order valence-electron chi connectivity index (χ4n) is 4.02. The molecule has 2 nitrogen and oxygen atoms in total. The SMILES string of the molecule is C=C(c1cncc(SC)c1)N1CCCC1C.CC(C)(F)c1cc(F)c(CC2CC2)cc1F. The Morgan fingerprint density at radius 2 is 1.88 bits per heavy atom. The standard InChI is InChI=1S/C13H15F3.C13H18N2S/c1-13(2,16)10-7-11(14)9(6-12(10)15)5-8-3-4-8;1-10-5-4-6-15(10)11(2)12-7-13(16-3)9-14-8-12/h6-8H,3-5H2,1-2H3;7-10H,2,4-6H2,1,3H3. The molecule has 32 heavy (non-hydrogen) atoms. The Morgan fingerprint density at radius 3 is 2.44 bits per heavy atom. The molecule has 2 aliphatic rings. The van der Waals surface area contributed by atoms with Crippen molar-refractivity contribution in [2.24, 2.45) is 5.92 Å². The highest BCUT2D eigenvalue weighted by atomic mass is 32.2. The van der Waals surface area contributed by atoms with Crippen LogP contribution in [0.4, 0.5) is 13.2 Å². The Balaban J connectivity index is 0.000000181. The average Bonchev–Trinajstić information content (AvgIpc) is 3.47. The number of aromatic nitrogens is 1. The molecule has 6 heteroatoms. The van der Waals surface area contributed by atoms with E-state index in [1.807, 2.05) is 12.4 Å². The molecule has 2 fully saturated rings. The molecule has 0 radical (unpaired) electrons. The van der Waals surface area contributed by atoms with Crippen LogP contribution in [-0.2, 0) is 12.1 Å². The number of hydrogen-bond donors (Lipinski definition) is 0. The summed E-state index contributed by atoms with van der Waals surface area (Å²) in [6.07, 6.45) is 11.2. The van der Waals surface area contributed by atoms with Crippen molar-refractivity contribution in [3.05, 3.63) is 65.5 Å². The van der Waals surface area contributed by atoms with E-state index in [1.54, 1.807) is 11.8 Å². The van der Waals surface area contributed by atoms with Gasteiger partial charge in [0.2, 0.25) is 0 Å². The first kappa shape index (κ1) is 24.7. The van der Waals surface area contributed by atoms with Crippen LogP contribution >= 0.6 is 11.8 Å². The molecule has 1 aliphatic heterocycles. The van der Waals surface area contributed by atoms with Gasteiger partial charge in [0.05, 0.1) is 0 Å². The lowest BCUT2D eigenvalue weighted by molar-refractivity contribution is 0.213. The molecule has 2 heterocycles. The molecule has 2 aromatic rings. The van der Waals surface area contributed by atoms with Gasteiger partial charge in [-0.25, -0.2) is 13.2 Å². The molecule has 1 saturated heterocycles. The number of likely N-dealkylation sites (tertiary alicyclic amines) is 1. The number of halogens is 3. The fourth-order valence-corrected chi connectivity index (χ4v) is 4.43. The Labute approximate surface area is 194 Å². The van der Waals surface area contributed by atoms with Gasteiger partial charge in [0.25, 0.3) is 0 Å². The van der Waals surface area contributed by atoms with Crippen LogP contribution in [0.25, 0.3) is 5.70 Å². The normalized spacial score (nSPS) is 18.3. The van der Waals surface area contributed by atoms with E-state index in [0.717, 1.165) is 42.8 Å². The second kappa shape index (κ2) is 10.3. The van der Waals surface area contributed by atoms with Crippen molar-refractivity contribution in [1.82, 2.24) is 9.88 Å². The van der Waals surface area contributed by atoms with Gasteiger partial charge in [-0.2, -0.15) is 0 Å². The quantitative estimate of drug-likeness (QED) is 0.417. The summed E-state index contributed by atoms with van der Waals surface area (Å²) in [6, 6.07) is 4.92. The molecule has 1 unspecified atom stereocenters. The largest absolute Gasteiger partial charge is 0.369 e. The van der Waals surface area contributed by atoms with Crippen LogP contribution in [-0.4, -0.2) is 28.7 Å². The monoisotopic (exact) mass is 462 g/mol. The van der Waals surface area contributed by atoms with Crippen molar-refractivity contribution in [3.8, 4) is 0 Å². The van der Waals surface area contributed by atoms with Gasteiger partial charge in [-0.3, -0.25) is 4.98 Å². The highest BCUT2D eigenvalue weighted by Gasteiger charge is 2.28. The minimum Gasteiger partial charge on any atom is -0.369 e. The molecule has 1 saturated carbocycles. The third kappa shape index (κ3) is 6.31. The van der Waals surface area contributed by atoms with E-state index >= 15 is 0 Å². The zero-order valence-corrected chi connectivity index (χ0v) is 20.2. The third-order valence-electron chi connectivity index (χ3n) is 6.16. The van der Waals surface area contributed by atoms with Crippen molar-refractivity contribution in [1.29, 1.82) is 0 Å². The van der Waals surface area contributed by atoms with Gasteiger partial charge in [0, 0.05) is 46.7 Å². The van der Waals surface area contributed by atoms with Gasteiger partial charge < -0.3 is 4.90 Å². The van der Waals surface area contributed by atoms with Crippen molar-refractivity contribution >= 4 is 17.5 Å². The molecule has 4 rings (SSSR count). The molecule has 1 aromatic heterocycles. The Bertz CT molecular complexity index is 951. The van der Waals surface area contributed by atoms with Gasteiger partial charge in [0.15, 0.2) is 0 Å². The first-order chi connectivity index (χ1) is 15.1. The van der Waals surface area contributed by atoms with Crippen molar-refractivity contribution < 1.29 is 13.2 Å². The van der Waals surface area contributed by atoms with E-state index < -0.39 is 17.3 Å². The summed E-state index contributed by atoms with van der Waals surface area (Å²) < 4.78 is 40.8. The molecule has 0 N–H and O–H groups in total. The van der Waals surface area contributed by atoms with Gasteiger partial charge in [-0.1, -0.05) is 6.58 Å². The average molecular weight is 463 g/mol. The Morgan fingerprint density at radius 1 is 1.16 bits per heavy atom. The second-order valence-corrected chi connectivity index (χ2v) is 10.2. The summed E-state index contributed by atoms with van der Waals surface area (Å²) >= 11 is 1.72. The molecule has 1 atom stereocenters. The molecule has 0 spiro atoms. The first-order valence-electron chi connectivity index (χ1n) is 11.2. The van der Waals surface area contributed by atoms with Crippen LogP contribution in [0.3, 0.4) is 0 Å². The van der Waals surface area contributed by atoms with Gasteiger partial charge >= 0.3 is 0 Å². The zero-order chi connectivity index (χ0) is 23.5. The molecule has 0 amide bonds. The van der Waals surface area contributed by atoms with E-state index in [-0.39, 0.29) is 5.56 Å². The van der Waals surface area contributed by atoms with E-state index in [4.69, 9.17) is 0 Å². The highest BCUT2D eigenvalue weighted by molar-refractivity contribution is 7.98. The summed E-state index contributed by atoms with van der Waals surface area (Å²) in [6.45, 7) is 10.1. The van der Waals surface area contributed by atoms with Crippen molar-refractivity contribution in [3.63, 3.8) is 0 Å². The molecule has 174 valence electrons. The summed E-state index contributed by atoms with van der Waals surface area (Å²) in [5, 5.41) is 0. The van der Waals surface area contributed by atoms with E-state index in [9.17, 15) is 13.2 Å². The maximum atomic E-state index is 13.6. The first-order valence-corrected chi connectivity index (χ1v) is 12.4. The van der Waals surface area contributed by atoms with Crippen LogP contribution in [0.1, 0.15) is 63.1 Å². The van der Waals surface area contributed by atoms with Crippen LogP contribution in [0.15, 0.2) is 42.1 Å². The Hall–Kier alpha value is -1.95. The van der Waals surface area contributed by atoms with Gasteiger partial charge in [-0.05, 0) is 88.8 Å². The lowest BCUT2D eigenvalue weighted by Crippen LogP contribution is -2.24. The molecule has 0 bridgehead atoms. The second-order valence-electron chi connectivity index (χ2n) is 9.29. The maximum Gasteiger partial charge on any atom is 0.133 e. The van der Waals surface area contributed by atoms with Crippen LogP contribution in [0, 0.1) is 17.6 Å². The number of hydrogen-bond acceptors (Lipinski definition) is 3. The Kier molecular flexibility index (Phi) is 7.97. The summed E-state index contributed by atoms with van der Waals surface area (Å²) in [5.74, 6) is -0.656. The van der Waals surface area contributed by atoms with E-state index in [0.29, 0.717) is 23.9 Å². The highest BCUT2D eigenvalue weighted by Crippen LogP contribution is 2.35. The third-order valence-corrected chi connectivity index (χ3v) is 6.86. The van der Waals surface area contributed by atoms with Crippen molar-refractivity contribution in [2.45, 2.75) is 69.5 Å². The minimum absolute atomic E-state index is 0.204. The number of benzene rings is 1. The summed E-state index contributed by atoms with van der Waals surface area (Å²) in [5.41, 5.74) is 0.592. The van der Waals surface area contributed by atoms with E-state index in [1.165, 1.54) is 31.6 Å². The number of thioether (sulfide) groups is 1. The zero-order valence-electron chi connectivity index (χ0n) is 19.4. The van der Waals surface area contributed by atoms with Crippen LogP contribution in [0.2, 0.25) is 0 Å². The molecular weight excluding hydrogens is 429 g/mol. The van der Waals surface area contributed by atoms with Gasteiger partial charge in [-0.15, -0.1) is 11.8 Å². The molecular formula is C26H33F3N2S. The maximum absolute atomic E-state index is 13.6. The summed E-state index contributed by atoms with van der Waals surface area (Å²) in [4.78, 5) is 7.85. The van der Waals surface area contributed by atoms with Gasteiger partial charge in [0.1, 0.15) is 17.3 Å². The predicted octanol–water partition coefficient (Wildman–Crippen LogP) is 7.38. The van der Waals surface area contributed by atoms with Crippen LogP contribution < -0.4 is 0 Å². The lowest BCUT2D eigenvalue weighted by Gasteiger charge is -2.26. The fraction of sp³-hybridized carbons (Fsp3) is 0.500. The molecule has 1 aromatic carbocycles. The topological polar surface area (TPSA) is 16.1 Å². The summed E-state index contributed by atoms with van der Waals surface area (Å²) in [7, 11) is 0. The smallest absolute Gasteiger partial charge is 0.133 e. The number of alkyl halides is 1. The lowest BCUT2D eigenvalue weighted by atomic mass is 9.96. The van der Waals surface area contributed by atoms with Crippen molar-refractivity contribution in [2.75, 3.05) is 12.8 Å². The number of nitrogens with zero attached hydrogens (tertiary/aromatic N) is 2. The minimum atomic E-state index is -1.84. The van der Waals surface area contributed by atoms with Crippen LogP contribution in [0.5, 0.6) is 0 Å². The molecule has 1 aliphatic carbocycles. The van der Waals surface area contributed by atoms with E-state index in [2.05, 4.69) is 35.7 Å². The number of rotatable bonds is 6. The number of pyridine rings is 1.